The number of anilines is 3. The van der Waals surface area contributed by atoms with Crippen LogP contribution in [-0.4, -0.2) is 18.1 Å². The van der Waals surface area contributed by atoms with Crippen LogP contribution in [0.4, 0.5) is 17.2 Å². The number of nitrogens with one attached hydrogen (secondary N) is 1. The Bertz CT molecular complexity index is 617. The number of carbonyl (C=O) groups excluding carboxylic acids is 1. The number of ether oxygens (including phenoxy) is 1. The molecule has 2 rings (SSSR count). The number of benzene rings is 1. The van der Waals surface area contributed by atoms with Gasteiger partial charge in [0.05, 0.1) is 18.4 Å². The first-order valence-corrected chi connectivity index (χ1v) is 6.55. The molecular weight excluding hydrogens is 357 g/mol. The summed E-state index contributed by atoms with van der Waals surface area (Å²) >= 11 is 2.21. The standard InChI is InChI=1S/C13H12IN3O2/c1-19-13(18)10-5-6-16-12(11(10)15)17-9-4-2-3-8(14)7-9/h2-7H,15H2,1H3,(H,16,17). The smallest absolute Gasteiger partial charge is 0.340 e. The molecule has 5 nitrogen and oxygen atoms in total. The Labute approximate surface area is 124 Å². The number of nitrogens with zero attached hydrogens (tertiary/aromatic N) is 1. The van der Waals surface area contributed by atoms with Crippen molar-refractivity contribution in [3.8, 4) is 0 Å². The second kappa shape index (κ2) is 5.87. The molecule has 98 valence electrons. The lowest BCUT2D eigenvalue weighted by Gasteiger charge is -2.11. The van der Waals surface area contributed by atoms with Gasteiger partial charge in [0.2, 0.25) is 0 Å². The summed E-state index contributed by atoms with van der Waals surface area (Å²) in [5, 5.41) is 3.08. The summed E-state index contributed by atoms with van der Waals surface area (Å²) in [5.41, 5.74) is 7.34. The number of rotatable bonds is 3. The van der Waals surface area contributed by atoms with Crippen molar-refractivity contribution in [1.29, 1.82) is 0 Å². The van der Waals surface area contributed by atoms with Crippen LogP contribution in [0.2, 0.25) is 0 Å². The van der Waals surface area contributed by atoms with E-state index in [4.69, 9.17) is 5.73 Å². The van der Waals surface area contributed by atoms with Crippen LogP contribution >= 0.6 is 22.6 Å². The van der Waals surface area contributed by atoms with Crippen molar-refractivity contribution in [3.05, 3.63) is 45.7 Å². The highest BCUT2D eigenvalue weighted by molar-refractivity contribution is 14.1. The molecule has 0 aliphatic carbocycles. The molecule has 0 radical (unpaired) electrons. The maximum atomic E-state index is 11.5. The maximum Gasteiger partial charge on any atom is 0.340 e. The molecule has 19 heavy (non-hydrogen) atoms. The summed E-state index contributed by atoms with van der Waals surface area (Å²) in [6.45, 7) is 0. The number of halogens is 1. The third-order valence-electron chi connectivity index (χ3n) is 2.48. The van der Waals surface area contributed by atoms with Crippen molar-refractivity contribution >= 4 is 45.8 Å². The van der Waals surface area contributed by atoms with Crippen molar-refractivity contribution in [3.63, 3.8) is 0 Å². The molecule has 0 aliphatic heterocycles. The van der Waals surface area contributed by atoms with Crippen LogP contribution in [0.25, 0.3) is 0 Å². The van der Waals surface area contributed by atoms with Crippen molar-refractivity contribution in [2.75, 3.05) is 18.2 Å². The molecule has 1 heterocycles. The van der Waals surface area contributed by atoms with Crippen molar-refractivity contribution in [2.45, 2.75) is 0 Å². The minimum absolute atomic E-state index is 0.271. The van der Waals surface area contributed by atoms with Crippen molar-refractivity contribution < 1.29 is 9.53 Å². The normalized spacial score (nSPS) is 10.0. The molecule has 0 bridgehead atoms. The highest BCUT2D eigenvalue weighted by Crippen LogP contribution is 2.25. The average molecular weight is 369 g/mol. The van der Waals surface area contributed by atoms with Crippen LogP contribution in [0.5, 0.6) is 0 Å². The first-order chi connectivity index (χ1) is 9.11. The highest BCUT2D eigenvalue weighted by atomic mass is 127. The number of aromatic nitrogens is 1. The topological polar surface area (TPSA) is 77.2 Å². The number of esters is 1. The predicted molar refractivity (Wildman–Crippen MR) is 82.4 cm³/mol. The summed E-state index contributed by atoms with van der Waals surface area (Å²) in [7, 11) is 1.31. The molecule has 0 saturated heterocycles. The van der Waals surface area contributed by atoms with Crippen LogP contribution in [0, 0.1) is 3.57 Å². The summed E-state index contributed by atoms with van der Waals surface area (Å²) in [4.78, 5) is 15.7. The summed E-state index contributed by atoms with van der Waals surface area (Å²) in [6, 6.07) is 9.28. The van der Waals surface area contributed by atoms with E-state index in [0.717, 1.165) is 9.26 Å². The number of nitrogen functional groups attached to an aromatic ring is 1. The molecule has 2 aromatic rings. The zero-order chi connectivity index (χ0) is 13.8. The Morgan fingerprint density at radius 3 is 2.89 bits per heavy atom. The van der Waals surface area contributed by atoms with Gasteiger partial charge in [0, 0.05) is 15.5 Å². The van der Waals surface area contributed by atoms with Gasteiger partial charge in [-0.3, -0.25) is 0 Å². The van der Waals surface area contributed by atoms with Gasteiger partial charge in [-0.15, -0.1) is 0 Å². The molecule has 0 saturated carbocycles. The van der Waals surface area contributed by atoms with E-state index < -0.39 is 5.97 Å². The fraction of sp³-hybridized carbons (Fsp3) is 0.0769. The molecular formula is C13H12IN3O2. The largest absolute Gasteiger partial charge is 0.465 e. The fourth-order valence-electron chi connectivity index (χ4n) is 1.56. The third-order valence-corrected chi connectivity index (χ3v) is 3.15. The molecule has 6 heteroatoms. The van der Waals surface area contributed by atoms with Crippen LogP contribution in [-0.2, 0) is 4.74 Å². The van der Waals surface area contributed by atoms with Gasteiger partial charge in [-0.05, 0) is 46.9 Å². The SMILES string of the molecule is COC(=O)c1ccnc(Nc2cccc(I)c2)c1N. The number of methoxy groups -OCH3 is 1. The fourth-order valence-corrected chi connectivity index (χ4v) is 2.11. The van der Waals surface area contributed by atoms with Gasteiger partial charge in [-0.2, -0.15) is 0 Å². The van der Waals surface area contributed by atoms with E-state index in [-0.39, 0.29) is 5.69 Å². The first kappa shape index (κ1) is 13.6. The van der Waals surface area contributed by atoms with E-state index in [0.29, 0.717) is 11.4 Å². The van der Waals surface area contributed by atoms with Crippen molar-refractivity contribution in [1.82, 2.24) is 4.98 Å². The Balaban J connectivity index is 2.33. The number of hydrogen-bond acceptors (Lipinski definition) is 5. The van der Waals surface area contributed by atoms with Gasteiger partial charge in [-0.1, -0.05) is 6.07 Å². The molecule has 0 fully saturated rings. The number of pyridine rings is 1. The monoisotopic (exact) mass is 369 g/mol. The van der Waals surface area contributed by atoms with Crippen LogP contribution in [0.15, 0.2) is 36.5 Å². The molecule has 0 aliphatic rings. The molecule has 0 spiro atoms. The summed E-state index contributed by atoms with van der Waals surface area (Å²) < 4.78 is 5.75. The summed E-state index contributed by atoms with van der Waals surface area (Å²) in [6.07, 6.45) is 1.51. The molecule has 0 unspecified atom stereocenters. The Kier molecular flexibility index (Phi) is 4.20. The quantitative estimate of drug-likeness (QED) is 0.643. The molecule has 0 amide bonds. The van der Waals surface area contributed by atoms with E-state index >= 15 is 0 Å². The van der Waals surface area contributed by atoms with E-state index in [1.165, 1.54) is 19.4 Å². The van der Waals surface area contributed by atoms with Gasteiger partial charge in [-0.25, -0.2) is 9.78 Å². The Morgan fingerprint density at radius 1 is 1.42 bits per heavy atom. The number of nitrogens with two attached hydrogens (primary N) is 1. The van der Waals surface area contributed by atoms with Gasteiger partial charge < -0.3 is 15.8 Å². The van der Waals surface area contributed by atoms with Gasteiger partial charge >= 0.3 is 5.97 Å². The van der Waals surface area contributed by atoms with Gasteiger partial charge in [0.15, 0.2) is 5.82 Å². The molecule has 3 N–H and O–H groups in total. The predicted octanol–water partition coefficient (Wildman–Crippen LogP) is 2.80. The molecule has 1 aromatic carbocycles. The Morgan fingerprint density at radius 2 is 2.21 bits per heavy atom. The average Bonchev–Trinajstić information content (AvgIpc) is 2.40. The van der Waals surface area contributed by atoms with Crippen LogP contribution < -0.4 is 11.1 Å². The van der Waals surface area contributed by atoms with Crippen molar-refractivity contribution in [2.24, 2.45) is 0 Å². The second-order valence-electron chi connectivity index (χ2n) is 3.75. The van der Waals surface area contributed by atoms with E-state index in [2.05, 4.69) is 37.6 Å². The van der Waals surface area contributed by atoms with Gasteiger partial charge in [0.25, 0.3) is 0 Å². The lowest BCUT2D eigenvalue weighted by molar-refractivity contribution is 0.0602. The van der Waals surface area contributed by atoms with E-state index in [1.807, 2.05) is 24.3 Å². The maximum absolute atomic E-state index is 11.5. The molecule has 0 atom stereocenters. The molecule has 1 aromatic heterocycles. The second-order valence-corrected chi connectivity index (χ2v) is 4.99. The van der Waals surface area contributed by atoms with Crippen LogP contribution in [0.1, 0.15) is 10.4 Å². The van der Waals surface area contributed by atoms with Gasteiger partial charge in [0.1, 0.15) is 0 Å². The number of carbonyl (C=O) groups is 1. The third kappa shape index (κ3) is 3.14. The van der Waals surface area contributed by atoms with Crippen LogP contribution in [0.3, 0.4) is 0 Å². The lowest BCUT2D eigenvalue weighted by atomic mass is 10.2. The Hall–Kier alpha value is -1.83. The zero-order valence-corrected chi connectivity index (χ0v) is 12.3. The minimum atomic E-state index is -0.481. The summed E-state index contributed by atoms with van der Waals surface area (Å²) in [5.74, 6) is -0.0458. The number of hydrogen-bond donors (Lipinski definition) is 2. The highest BCUT2D eigenvalue weighted by Gasteiger charge is 2.13. The van der Waals surface area contributed by atoms with E-state index in [1.54, 1.807) is 0 Å². The minimum Gasteiger partial charge on any atom is -0.465 e. The first-order valence-electron chi connectivity index (χ1n) is 5.47. The zero-order valence-electron chi connectivity index (χ0n) is 10.2. The lowest BCUT2D eigenvalue weighted by Crippen LogP contribution is -2.09. The van der Waals surface area contributed by atoms with E-state index in [9.17, 15) is 4.79 Å².